The topological polar surface area (TPSA) is 34.1 Å². The zero-order chi connectivity index (χ0) is 6.57. The van der Waals surface area contributed by atoms with E-state index in [1.54, 1.807) is 0 Å². The van der Waals surface area contributed by atoms with Gasteiger partial charge in [0.2, 0.25) is 0 Å². The largest absolute Gasteiger partial charge is 1.00 e. The molecule has 0 aliphatic rings. The van der Waals surface area contributed by atoms with Gasteiger partial charge in [-0.05, 0) is 0 Å². The first-order valence-electron chi connectivity index (χ1n) is 2.26. The quantitative estimate of drug-likeness (QED) is 0.393. The Kier molecular flexibility index (Phi) is 65.8. The van der Waals surface area contributed by atoms with Gasteiger partial charge < -0.3 is 62.0 Å². The first kappa shape index (κ1) is 36.6. The summed E-state index contributed by atoms with van der Waals surface area (Å²) in [5.41, 5.74) is 0. The fourth-order valence-corrected chi connectivity index (χ4v) is 0.695. The maximum Gasteiger partial charge on any atom is -1.00 e. The van der Waals surface area contributed by atoms with Crippen LogP contribution in [0.25, 0.3) is 0 Å². The van der Waals surface area contributed by atoms with Gasteiger partial charge in [-0.1, -0.05) is 0 Å². The number of carbonyl (C=O) groups excluding carboxylic acids is 2. The van der Waals surface area contributed by atoms with Crippen molar-refractivity contribution in [1.82, 2.24) is 0 Å². The molecule has 0 saturated heterocycles. The average molecular weight is 460 g/mol. The van der Waals surface area contributed by atoms with Gasteiger partial charge in [0.25, 0.3) is 0 Å². The molecular formula is C5H7Cl5O2W. The molecule has 0 spiro atoms. The number of Topliss-reactive ketones (excluding diaryl/α,β-unsaturated/α-hetero) is 2. The Morgan fingerprint density at radius 1 is 1.00 bits per heavy atom. The van der Waals surface area contributed by atoms with Gasteiger partial charge >= 0.3 is 59.1 Å². The molecule has 0 saturated carbocycles. The number of ketones is 2. The maximum atomic E-state index is 10.4. The van der Waals surface area contributed by atoms with Crippen LogP contribution in [0.3, 0.4) is 0 Å². The number of hydrogen-bond acceptors (Lipinski definition) is 2. The van der Waals surface area contributed by atoms with E-state index in [0.717, 1.165) is 0 Å². The molecule has 0 aromatic rings. The van der Waals surface area contributed by atoms with Crippen LogP contribution >= 0.6 is 0 Å². The molecule has 0 bridgehead atoms. The molecule has 0 N–H and O–H groups in total. The minimum Gasteiger partial charge on any atom is -1.00 e. The second-order valence-electron chi connectivity index (χ2n) is 1.56. The minimum absolute atomic E-state index is 0. The van der Waals surface area contributed by atoms with Gasteiger partial charge in [-0.2, -0.15) is 0 Å². The van der Waals surface area contributed by atoms with Crippen LogP contribution in [0.5, 0.6) is 0 Å². The van der Waals surface area contributed by atoms with Crippen LogP contribution in [0.1, 0.15) is 13.3 Å². The van der Waals surface area contributed by atoms with Crippen molar-refractivity contribution in [3.63, 3.8) is 0 Å². The molecule has 0 rings (SSSR count). The minimum atomic E-state index is -0.0312. The third-order valence-corrected chi connectivity index (χ3v) is 1.76. The van der Waals surface area contributed by atoms with Crippen LogP contribution in [0.2, 0.25) is 4.81 Å². The van der Waals surface area contributed by atoms with Crippen molar-refractivity contribution in [3.05, 3.63) is 0 Å². The molecule has 0 amide bonds. The SMILES string of the molecule is CC(=O)CC(=O)[CH2][W+5].[Cl-].[Cl-].[Cl-].[Cl-].[Cl-]. The average Bonchev–Trinajstić information content (AvgIpc) is 1.65. The Bertz CT molecular complexity index is 121. The fraction of sp³-hybridized carbons (Fsp3) is 0.600. The normalized spacial score (nSPS) is 5.46. The smallest absolute Gasteiger partial charge is 1.00 e. The van der Waals surface area contributed by atoms with E-state index in [4.69, 9.17) is 0 Å². The standard InChI is InChI=1S/C5H7O2.5ClH.W/c1-4(6)3-5(2)7;;;;;;/h1,3H2,2H3;5*1H;/q;;;;;;+5/p-5. The van der Waals surface area contributed by atoms with E-state index in [1.807, 2.05) is 0 Å². The first-order valence-corrected chi connectivity index (χ1v) is 4.33. The summed E-state index contributed by atoms with van der Waals surface area (Å²) in [6.07, 6.45) is 0.128. The van der Waals surface area contributed by atoms with Crippen molar-refractivity contribution < 1.29 is 91.4 Å². The van der Waals surface area contributed by atoms with Crippen molar-refractivity contribution in [3.8, 4) is 0 Å². The van der Waals surface area contributed by atoms with Crippen molar-refractivity contribution in [2.75, 3.05) is 0 Å². The molecule has 0 radical (unpaired) electrons. The molecule has 0 fully saturated rings. The second-order valence-corrected chi connectivity index (χ2v) is 2.60. The van der Waals surface area contributed by atoms with Gasteiger partial charge in [-0.3, -0.25) is 0 Å². The number of rotatable bonds is 3. The van der Waals surface area contributed by atoms with E-state index < -0.39 is 0 Å². The second kappa shape index (κ2) is 23.4. The maximum absolute atomic E-state index is 10.4. The molecule has 13 heavy (non-hydrogen) atoms. The van der Waals surface area contributed by atoms with Crippen molar-refractivity contribution >= 4 is 11.6 Å². The summed E-state index contributed by atoms with van der Waals surface area (Å²) in [7, 11) is 0. The van der Waals surface area contributed by atoms with Gasteiger partial charge in [-0.15, -0.1) is 0 Å². The summed E-state index contributed by atoms with van der Waals surface area (Å²) in [4.78, 5) is 21.2. The molecule has 0 aromatic carbocycles. The molecule has 0 aromatic heterocycles. The zero-order valence-electron chi connectivity index (χ0n) is 6.53. The molecule has 0 atom stereocenters. The molecule has 0 aliphatic carbocycles. The van der Waals surface area contributed by atoms with Gasteiger partial charge in [0.05, 0.1) is 0 Å². The van der Waals surface area contributed by atoms with Crippen LogP contribution in [-0.4, -0.2) is 11.6 Å². The summed E-state index contributed by atoms with van der Waals surface area (Å²) in [5.74, 6) is 0.0313. The van der Waals surface area contributed by atoms with Crippen LogP contribution in [0, 0.1) is 0 Å². The van der Waals surface area contributed by atoms with Crippen LogP contribution in [-0.2, 0) is 29.4 Å². The van der Waals surface area contributed by atoms with Gasteiger partial charge in [0.15, 0.2) is 0 Å². The van der Waals surface area contributed by atoms with E-state index in [2.05, 4.69) is 0 Å². The van der Waals surface area contributed by atoms with Gasteiger partial charge in [0.1, 0.15) is 0 Å². The summed E-state index contributed by atoms with van der Waals surface area (Å²) >= 11 is 1.23. The zero-order valence-corrected chi connectivity index (χ0v) is 13.2. The number of hydrogen-bond donors (Lipinski definition) is 0. The molecule has 80 valence electrons. The Balaban J connectivity index is -0.0000000245. The fourth-order valence-electron chi connectivity index (χ4n) is 0.329. The van der Waals surface area contributed by atoms with Crippen LogP contribution in [0.15, 0.2) is 0 Å². The third kappa shape index (κ3) is 31.8. The van der Waals surface area contributed by atoms with Crippen LogP contribution in [0.4, 0.5) is 0 Å². The van der Waals surface area contributed by atoms with E-state index in [1.165, 1.54) is 26.7 Å². The molecular weight excluding hydrogens is 453 g/mol. The van der Waals surface area contributed by atoms with Gasteiger partial charge in [-0.25, -0.2) is 0 Å². The Hall–Kier alpha value is 1.48. The number of carbonyl (C=O) groups is 2. The van der Waals surface area contributed by atoms with E-state index in [0.29, 0.717) is 4.81 Å². The predicted octanol–water partition coefficient (Wildman–Crippen LogP) is -14.5. The summed E-state index contributed by atoms with van der Waals surface area (Å²) in [5, 5.41) is 0. The number of halogens is 5. The monoisotopic (exact) mass is 458 g/mol. The Morgan fingerprint density at radius 2 is 1.31 bits per heavy atom. The summed E-state index contributed by atoms with van der Waals surface area (Å²) in [6, 6.07) is 0. The third-order valence-electron chi connectivity index (χ3n) is 0.607. The Morgan fingerprint density at radius 3 is 1.38 bits per heavy atom. The van der Waals surface area contributed by atoms with Crippen molar-refractivity contribution in [2.24, 2.45) is 0 Å². The molecule has 0 heterocycles. The van der Waals surface area contributed by atoms with Gasteiger partial charge in [0, 0.05) is 0 Å². The van der Waals surface area contributed by atoms with E-state index in [-0.39, 0.29) is 80.0 Å². The summed E-state index contributed by atoms with van der Waals surface area (Å²) < 4.78 is 0. The molecule has 0 unspecified atom stereocenters. The summed E-state index contributed by atoms with van der Waals surface area (Å²) in [6.45, 7) is 1.43. The van der Waals surface area contributed by atoms with E-state index in [9.17, 15) is 9.59 Å². The predicted molar refractivity (Wildman–Crippen MR) is 25.1 cm³/mol. The van der Waals surface area contributed by atoms with Crippen molar-refractivity contribution in [1.29, 1.82) is 0 Å². The van der Waals surface area contributed by atoms with E-state index >= 15 is 0 Å². The Labute approximate surface area is 120 Å². The molecule has 8 heteroatoms. The van der Waals surface area contributed by atoms with Crippen LogP contribution < -0.4 is 62.0 Å². The molecule has 0 aliphatic heterocycles. The first-order chi connectivity index (χ1) is 3.66. The van der Waals surface area contributed by atoms with Crippen molar-refractivity contribution in [2.45, 2.75) is 18.2 Å². The molecule has 2 nitrogen and oxygen atoms in total.